The number of phenols is 1. The fourth-order valence-corrected chi connectivity index (χ4v) is 4.57. The second-order valence-corrected chi connectivity index (χ2v) is 8.97. The number of aromatic nitrogens is 2. The highest BCUT2D eigenvalue weighted by atomic mass is 35.5. The van der Waals surface area contributed by atoms with E-state index in [2.05, 4.69) is 0 Å². The molecule has 0 aliphatic rings. The van der Waals surface area contributed by atoms with E-state index in [4.69, 9.17) is 17.3 Å². The number of hydrogen-bond acceptors (Lipinski definition) is 3. The third-order valence-corrected chi connectivity index (χ3v) is 6.51. The molecule has 0 amide bonds. The first kappa shape index (κ1) is 23.6. The Balaban J connectivity index is 1.58. The molecule has 0 unspecified atom stereocenters. The summed E-state index contributed by atoms with van der Waals surface area (Å²) in [6.07, 6.45) is 3.26. The highest BCUT2D eigenvalue weighted by Crippen LogP contribution is 2.41. The molecule has 0 fully saturated rings. The van der Waals surface area contributed by atoms with Gasteiger partial charge in [-0.05, 0) is 64.2 Å². The first-order valence-corrected chi connectivity index (χ1v) is 11.7. The van der Waals surface area contributed by atoms with Gasteiger partial charge in [-0.2, -0.15) is 0 Å². The van der Waals surface area contributed by atoms with Gasteiger partial charge in [0.2, 0.25) is 0 Å². The second-order valence-electron chi connectivity index (χ2n) is 8.56. The lowest BCUT2D eigenvalue weighted by Crippen LogP contribution is -2.20. The van der Waals surface area contributed by atoms with Gasteiger partial charge in [-0.1, -0.05) is 54.1 Å². The molecule has 5 aromatic rings. The zero-order valence-electron chi connectivity index (χ0n) is 19.5. The highest BCUT2D eigenvalue weighted by molar-refractivity contribution is 6.32. The molecule has 7 heteroatoms. The summed E-state index contributed by atoms with van der Waals surface area (Å²) in [5, 5.41) is 11.5. The van der Waals surface area contributed by atoms with Gasteiger partial charge in [0.1, 0.15) is 11.6 Å². The predicted molar refractivity (Wildman–Crippen MR) is 142 cm³/mol. The smallest absolute Gasteiger partial charge is 0.332 e. The number of hydrogen-bond donors (Lipinski definition) is 2. The van der Waals surface area contributed by atoms with Crippen LogP contribution in [0.1, 0.15) is 5.56 Å². The molecule has 0 aliphatic carbocycles. The van der Waals surface area contributed by atoms with Gasteiger partial charge in [0.05, 0.1) is 10.7 Å². The van der Waals surface area contributed by atoms with Crippen LogP contribution in [0.4, 0.5) is 4.39 Å². The van der Waals surface area contributed by atoms with Crippen LogP contribution in [0.25, 0.3) is 39.1 Å². The predicted octanol–water partition coefficient (Wildman–Crippen LogP) is 6.13. The molecular formula is C29H23ClFN3O2. The van der Waals surface area contributed by atoms with E-state index in [1.54, 1.807) is 37.6 Å². The van der Waals surface area contributed by atoms with Crippen molar-refractivity contribution in [1.82, 2.24) is 9.13 Å². The van der Waals surface area contributed by atoms with Gasteiger partial charge in [-0.3, -0.25) is 4.57 Å². The Morgan fingerprint density at radius 2 is 1.50 bits per heavy atom. The number of nitrogens with two attached hydrogens (primary N) is 1. The number of imidazole rings is 1. The topological polar surface area (TPSA) is 73.2 Å². The summed E-state index contributed by atoms with van der Waals surface area (Å²) in [4.78, 5) is 12.3. The van der Waals surface area contributed by atoms with Gasteiger partial charge in [0.25, 0.3) is 0 Å². The summed E-state index contributed by atoms with van der Waals surface area (Å²) >= 11 is 6.50. The quantitative estimate of drug-likeness (QED) is 0.305. The lowest BCUT2D eigenvalue weighted by Gasteiger charge is -2.14. The van der Waals surface area contributed by atoms with Crippen LogP contribution in [0.3, 0.4) is 0 Å². The lowest BCUT2D eigenvalue weighted by atomic mass is 9.94. The fourth-order valence-electron chi connectivity index (χ4n) is 4.30. The maximum Gasteiger partial charge on any atom is 0.332 e. The van der Waals surface area contributed by atoms with Gasteiger partial charge >= 0.3 is 5.69 Å². The monoisotopic (exact) mass is 499 g/mol. The van der Waals surface area contributed by atoms with Crippen molar-refractivity contribution in [3.8, 4) is 44.8 Å². The summed E-state index contributed by atoms with van der Waals surface area (Å²) in [7, 11) is 1.65. The van der Waals surface area contributed by atoms with Crippen molar-refractivity contribution >= 4 is 11.6 Å². The summed E-state index contributed by atoms with van der Waals surface area (Å²) in [5.41, 5.74) is 10.8. The maximum atomic E-state index is 14.8. The zero-order valence-corrected chi connectivity index (χ0v) is 20.2. The van der Waals surface area contributed by atoms with E-state index in [1.165, 1.54) is 21.3 Å². The van der Waals surface area contributed by atoms with Crippen LogP contribution in [0.2, 0.25) is 5.02 Å². The standard InChI is InChI=1S/C29H23ClFN3O2/c1-33-10-11-34(29(33)36)27-9-8-22(14-26(27)30)25-16-23(31)15-24(28(25)35)21-7-3-6-20(13-21)19-5-2-4-18(12-19)17-32/h2-16,35H,17,32H2,1H3. The molecule has 1 heterocycles. The van der Waals surface area contributed by atoms with Crippen molar-refractivity contribution in [3.05, 3.63) is 118 Å². The molecule has 0 saturated carbocycles. The Labute approximate surface area is 212 Å². The molecule has 0 spiro atoms. The molecule has 0 aliphatic heterocycles. The molecule has 5 rings (SSSR count). The molecule has 5 nitrogen and oxygen atoms in total. The lowest BCUT2D eigenvalue weighted by molar-refractivity contribution is 0.477. The van der Waals surface area contributed by atoms with Crippen LogP contribution in [-0.2, 0) is 13.6 Å². The Bertz CT molecular complexity index is 1660. The molecule has 1 aromatic heterocycles. The van der Waals surface area contributed by atoms with Crippen LogP contribution >= 0.6 is 11.6 Å². The Morgan fingerprint density at radius 1 is 0.861 bits per heavy atom. The van der Waals surface area contributed by atoms with Crippen molar-refractivity contribution in [2.24, 2.45) is 12.8 Å². The highest BCUT2D eigenvalue weighted by Gasteiger charge is 2.16. The van der Waals surface area contributed by atoms with E-state index in [-0.39, 0.29) is 11.4 Å². The minimum Gasteiger partial charge on any atom is -0.507 e. The van der Waals surface area contributed by atoms with Crippen molar-refractivity contribution in [2.45, 2.75) is 6.54 Å². The average molecular weight is 500 g/mol. The molecular weight excluding hydrogens is 477 g/mol. The van der Waals surface area contributed by atoms with E-state index >= 15 is 0 Å². The Hall–Kier alpha value is -4.13. The number of phenolic OH excluding ortho intramolecular Hbond substituents is 1. The molecule has 3 N–H and O–H groups in total. The first-order chi connectivity index (χ1) is 17.4. The average Bonchev–Trinajstić information content (AvgIpc) is 3.23. The van der Waals surface area contributed by atoms with E-state index in [9.17, 15) is 14.3 Å². The first-order valence-electron chi connectivity index (χ1n) is 11.3. The summed E-state index contributed by atoms with van der Waals surface area (Å²) in [6, 6.07) is 23.0. The molecule has 4 aromatic carbocycles. The second kappa shape index (κ2) is 9.49. The zero-order chi connectivity index (χ0) is 25.4. The van der Waals surface area contributed by atoms with Crippen LogP contribution in [0, 0.1) is 5.82 Å². The van der Waals surface area contributed by atoms with Gasteiger partial charge in [-0.25, -0.2) is 9.18 Å². The SMILES string of the molecule is Cn1ccn(-c2ccc(-c3cc(F)cc(-c4cccc(-c5cccc(CN)c5)c4)c3O)cc2Cl)c1=O. The van der Waals surface area contributed by atoms with E-state index in [0.29, 0.717) is 39.5 Å². The molecule has 0 saturated heterocycles. The largest absolute Gasteiger partial charge is 0.507 e. The molecule has 0 radical (unpaired) electrons. The minimum absolute atomic E-state index is 0.0649. The normalized spacial score (nSPS) is 11.1. The van der Waals surface area contributed by atoms with E-state index < -0.39 is 5.82 Å². The van der Waals surface area contributed by atoms with Gasteiger partial charge in [0, 0.05) is 37.1 Å². The molecule has 36 heavy (non-hydrogen) atoms. The summed E-state index contributed by atoms with van der Waals surface area (Å²) < 4.78 is 17.7. The van der Waals surface area contributed by atoms with Crippen molar-refractivity contribution in [1.29, 1.82) is 0 Å². The Kier molecular flexibility index (Phi) is 6.22. The third-order valence-electron chi connectivity index (χ3n) is 6.21. The van der Waals surface area contributed by atoms with Crippen molar-refractivity contribution in [2.75, 3.05) is 0 Å². The minimum atomic E-state index is -0.493. The van der Waals surface area contributed by atoms with Crippen LogP contribution in [0.15, 0.2) is 96.1 Å². The molecule has 0 bridgehead atoms. The van der Waals surface area contributed by atoms with Crippen molar-refractivity contribution in [3.63, 3.8) is 0 Å². The summed E-state index contributed by atoms with van der Waals surface area (Å²) in [5.74, 6) is -0.558. The van der Waals surface area contributed by atoms with Crippen LogP contribution in [-0.4, -0.2) is 14.2 Å². The number of aromatic hydroxyl groups is 1. The van der Waals surface area contributed by atoms with Crippen LogP contribution in [0.5, 0.6) is 5.75 Å². The fraction of sp³-hybridized carbons (Fsp3) is 0.0690. The van der Waals surface area contributed by atoms with Crippen molar-refractivity contribution < 1.29 is 9.50 Å². The number of nitrogens with zero attached hydrogens (tertiary/aromatic N) is 2. The van der Waals surface area contributed by atoms with E-state index in [0.717, 1.165) is 16.7 Å². The van der Waals surface area contributed by atoms with E-state index in [1.807, 2.05) is 48.5 Å². The third kappa shape index (κ3) is 4.33. The number of benzene rings is 4. The molecule has 0 atom stereocenters. The van der Waals surface area contributed by atoms with Gasteiger partial charge in [0.15, 0.2) is 0 Å². The summed E-state index contributed by atoms with van der Waals surface area (Å²) in [6.45, 7) is 0.432. The molecule has 180 valence electrons. The van der Waals surface area contributed by atoms with Crippen LogP contribution < -0.4 is 11.4 Å². The number of rotatable bonds is 5. The number of aryl methyl sites for hydroxylation is 1. The number of halogens is 2. The van der Waals surface area contributed by atoms with Gasteiger partial charge in [-0.15, -0.1) is 0 Å². The maximum absolute atomic E-state index is 14.8. The van der Waals surface area contributed by atoms with Gasteiger partial charge < -0.3 is 15.4 Å². The Morgan fingerprint density at radius 3 is 2.14 bits per heavy atom.